The molecule has 2 aromatic rings. The number of carbonyl (C=O) groups is 1. The minimum Gasteiger partial charge on any atom is -0.485 e. The standard InChI is InChI=1S/C21H28F3N5O7S2/c1-6-28-12-18(13(2)27-28)38(33,34)29-11-15(10-25-37(5,31)32)35-17-8-7-14(9-16(17)29)26-19(30)36-20(3,4)21(22,23)24/h7-9,12,15,25H,6,10-11H2,1-5H3,(H,26,30)/t15-/m0/s1. The van der Waals surface area contributed by atoms with Gasteiger partial charge in [-0.3, -0.25) is 14.3 Å². The molecule has 2 heterocycles. The van der Waals surface area contributed by atoms with Crippen LogP contribution in [0.1, 0.15) is 26.5 Å². The molecule has 1 atom stereocenters. The first kappa shape index (κ1) is 29.5. The SMILES string of the molecule is CCn1cc(S(=O)(=O)N2C[C@H](CNS(C)(=O)=O)Oc3ccc(NC(=O)OC(C)(C)C(F)(F)F)cc32)c(C)n1. The Kier molecular flexibility index (Phi) is 7.96. The minimum atomic E-state index is -4.82. The van der Waals surface area contributed by atoms with Crippen molar-refractivity contribution in [2.24, 2.45) is 0 Å². The fraction of sp³-hybridized carbons (Fsp3) is 0.524. The summed E-state index contributed by atoms with van der Waals surface area (Å²) in [5, 5.41) is 6.33. The maximum Gasteiger partial charge on any atom is 0.427 e. The quantitative estimate of drug-likeness (QED) is 0.482. The van der Waals surface area contributed by atoms with Gasteiger partial charge < -0.3 is 9.47 Å². The van der Waals surface area contributed by atoms with Crippen LogP contribution in [0.15, 0.2) is 29.3 Å². The van der Waals surface area contributed by atoms with Crippen LogP contribution in [0, 0.1) is 6.92 Å². The lowest BCUT2D eigenvalue weighted by molar-refractivity contribution is -0.242. The number of sulfonamides is 2. The zero-order valence-electron chi connectivity index (χ0n) is 21.2. The second-order valence-corrected chi connectivity index (χ2v) is 12.7. The Morgan fingerprint density at radius 2 is 1.89 bits per heavy atom. The first-order valence-corrected chi connectivity index (χ1v) is 14.6. The highest BCUT2D eigenvalue weighted by molar-refractivity contribution is 7.93. The number of amides is 1. The van der Waals surface area contributed by atoms with Crippen LogP contribution in [0.3, 0.4) is 0 Å². The monoisotopic (exact) mass is 583 g/mol. The second kappa shape index (κ2) is 10.3. The third-order valence-electron chi connectivity index (χ3n) is 5.53. The number of benzene rings is 1. The number of nitrogens with one attached hydrogen (secondary N) is 2. The Bertz CT molecular complexity index is 1420. The van der Waals surface area contributed by atoms with Crippen LogP contribution >= 0.6 is 0 Å². The van der Waals surface area contributed by atoms with Gasteiger partial charge in [0.1, 0.15) is 16.7 Å². The van der Waals surface area contributed by atoms with Crippen molar-refractivity contribution in [1.82, 2.24) is 14.5 Å². The molecule has 38 heavy (non-hydrogen) atoms. The van der Waals surface area contributed by atoms with Gasteiger partial charge in [-0.15, -0.1) is 0 Å². The van der Waals surface area contributed by atoms with Gasteiger partial charge in [0.2, 0.25) is 15.6 Å². The van der Waals surface area contributed by atoms with E-state index in [0.717, 1.165) is 10.6 Å². The number of alkyl halides is 3. The van der Waals surface area contributed by atoms with Gasteiger partial charge in [-0.2, -0.15) is 18.3 Å². The molecule has 0 fully saturated rings. The molecule has 12 nitrogen and oxygen atoms in total. The summed E-state index contributed by atoms with van der Waals surface area (Å²) in [7, 11) is -7.89. The van der Waals surface area contributed by atoms with Crippen molar-refractivity contribution < 1.29 is 44.3 Å². The molecule has 0 spiro atoms. The summed E-state index contributed by atoms with van der Waals surface area (Å²) in [5.74, 6) is 0.0372. The van der Waals surface area contributed by atoms with E-state index in [2.05, 4.69) is 19.9 Å². The topological polar surface area (TPSA) is 149 Å². The minimum absolute atomic E-state index is 0.0304. The van der Waals surface area contributed by atoms with Crippen molar-refractivity contribution >= 4 is 37.5 Å². The summed E-state index contributed by atoms with van der Waals surface area (Å²) >= 11 is 0. The van der Waals surface area contributed by atoms with Crippen molar-refractivity contribution in [2.45, 2.75) is 57.0 Å². The van der Waals surface area contributed by atoms with Crippen molar-refractivity contribution in [3.63, 3.8) is 0 Å². The average Bonchev–Trinajstić information content (AvgIpc) is 3.17. The number of aryl methyl sites for hydroxylation is 2. The van der Waals surface area contributed by atoms with E-state index < -0.39 is 44.0 Å². The van der Waals surface area contributed by atoms with E-state index in [1.165, 1.54) is 36.0 Å². The molecule has 1 aromatic heterocycles. The molecule has 1 aromatic carbocycles. The second-order valence-electron chi connectivity index (χ2n) is 9.04. The smallest absolute Gasteiger partial charge is 0.427 e. The van der Waals surface area contributed by atoms with Crippen LogP contribution in [0.4, 0.5) is 29.3 Å². The molecule has 3 rings (SSSR count). The van der Waals surface area contributed by atoms with E-state index in [0.29, 0.717) is 20.4 Å². The predicted octanol–water partition coefficient (Wildman–Crippen LogP) is 2.61. The molecule has 1 amide bonds. The number of halogens is 3. The third kappa shape index (κ3) is 6.50. The molecular weight excluding hydrogens is 555 g/mol. The van der Waals surface area contributed by atoms with Gasteiger partial charge >= 0.3 is 12.3 Å². The summed E-state index contributed by atoms with van der Waals surface area (Å²) in [4.78, 5) is 12.1. The zero-order valence-corrected chi connectivity index (χ0v) is 22.8. The van der Waals surface area contributed by atoms with E-state index >= 15 is 0 Å². The van der Waals surface area contributed by atoms with Crippen molar-refractivity contribution in [3.05, 3.63) is 30.1 Å². The third-order valence-corrected chi connectivity index (χ3v) is 8.11. The number of nitrogens with zero attached hydrogens (tertiary/aromatic N) is 3. The maximum absolute atomic E-state index is 13.7. The number of anilines is 2. The highest BCUT2D eigenvalue weighted by Gasteiger charge is 2.51. The number of ether oxygens (including phenoxy) is 2. The van der Waals surface area contributed by atoms with Gasteiger partial charge in [0.25, 0.3) is 10.0 Å². The number of carbonyl (C=O) groups excluding carboxylic acids is 1. The van der Waals surface area contributed by atoms with E-state index in [9.17, 15) is 34.8 Å². The molecule has 1 aliphatic heterocycles. The Morgan fingerprint density at radius 1 is 1.24 bits per heavy atom. The summed E-state index contributed by atoms with van der Waals surface area (Å²) in [6.45, 7) is 4.51. The number of hydrogen-bond acceptors (Lipinski definition) is 8. The highest BCUT2D eigenvalue weighted by atomic mass is 32.2. The Labute approximate surface area is 218 Å². The molecular formula is C21H28F3N5O7S2. The number of aromatic nitrogens is 2. The van der Waals surface area contributed by atoms with Gasteiger partial charge in [0.05, 0.1) is 24.2 Å². The Hall–Kier alpha value is -3.05. The first-order valence-electron chi connectivity index (χ1n) is 11.2. The Morgan fingerprint density at radius 3 is 2.45 bits per heavy atom. The van der Waals surface area contributed by atoms with Gasteiger partial charge in [-0.1, -0.05) is 0 Å². The zero-order chi connectivity index (χ0) is 28.7. The molecule has 212 valence electrons. The van der Waals surface area contributed by atoms with Crippen LogP contribution in [0.25, 0.3) is 0 Å². The molecule has 0 radical (unpaired) electrons. The lowest BCUT2D eigenvalue weighted by atomic mass is 10.1. The summed E-state index contributed by atoms with van der Waals surface area (Å²) in [6.07, 6.45) is -4.87. The molecule has 0 aliphatic carbocycles. The van der Waals surface area contributed by atoms with Gasteiger partial charge in [-0.25, -0.2) is 26.4 Å². The Balaban J connectivity index is 1.99. The van der Waals surface area contributed by atoms with Crippen molar-refractivity contribution in [1.29, 1.82) is 0 Å². The average molecular weight is 584 g/mol. The normalized spacial score (nSPS) is 16.5. The number of hydrogen-bond donors (Lipinski definition) is 2. The van der Waals surface area contributed by atoms with Crippen LogP contribution in [0.5, 0.6) is 5.75 Å². The van der Waals surface area contributed by atoms with E-state index in [-0.39, 0.29) is 40.8 Å². The fourth-order valence-corrected chi connectivity index (χ4v) is 5.59. The van der Waals surface area contributed by atoms with Crippen LogP contribution in [-0.4, -0.2) is 69.9 Å². The van der Waals surface area contributed by atoms with Gasteiger partial charge in [-0.05, 0) is 45.9 Å². The lowest BCUT2D eigenvalue weighted by Gasteiger charge is -2.35. The van der Waals surface area contributed by atoms with Crippen molar-refractivity contribution in [3.8, 4) is 5.75 Å². The molecule has 0 saturated carbocycles. The molecule has 17 heteroatoms. The van der Waals surface area contributed by atoms with Crippen LogP contribution in [-0.2, 0) is 31.3 Å². The van der Waals surface area contributed by atoms with E-state index in [1.807, 2.05) is 0 Å². The molecule has 0 unspecified atom stereocenters. The summed E-state index contributed by atoms with van der Waals surface area (Å²) < 4.78 is 105. The van der Waals surface area contributed by atoms with E-state index in [1.54, 1.807) is 6.92 Å². The molecule has 1 aliphatic rings. The largest absolute Gasteiger partial charge is 0.485 e. The summed E-state index contributed by atoms with van der Waals surface area (Å²) in [5.41, 5.74) is -2.65. The van der Waals surface area contributed by atoms with Gasteiger partial charge in [0.15, 0.2) is 0 Å². The summed E-state index contributed by atoms with van der Waals surface area (Å²) in [6, 6.07) is 3.78. The van der Waals surface area contributed by atoms with Crippen LogP contribution in [0.2, 0.25) is 0 Å². The fourth-order valence-electron chi connectivity index (χ4n) is 3.43. The van der Waals surface area contributed by atoms with Crippen molar-refractivity contribution in [2.75, 3.05) is 29.0 Å². The van der Waals surface area contributed by atoms with Crippen LogP contribution < -0.4 is 19.1 Å². The lowest BCUT2D eigenvalue weighted by Crippen LogP contribution is -2.48. The van der Waals surface area contributed by atoms with Gasteiger partial charge in [0, 0.05) is 25.0 Å². The molecule has 2 N–H and O–H groups in total. The number of fused-ring (bicyclic) bond motifs is 1. The first-order chi connectivity index (χ1) is 17.3. The van der Waals surface area contributed by atoms with E-state index in [4.69, 9.17) is 4.74 Å². The predicted molar refractivity (Wildman–Crippen MR) is 131 cm³/mol. The molecule has 0 bridgehead atoms. The molecule has 0 saturated heterocycles. The highest BCUT2D eigenvalue weighted by Crippen LogP contribution is 2.40. The number of rotatable bonds is 8. The maximum atomic E-state index is 13.7.